The van der Waals surface area contributed by atoms with Crippen LogP contribution in [0.15, 0.2) is 67.4 Å². The standard InChI is InChI=1S/C22H16N6O/c1-13-17-10-15(2-4-19(17)26-12-25-13)18-11-24-21-16(18)3-5-20(27-21)28-22(29)14-6-8-23-9-7-14/h2-12H,1H3,(H2,24,27,28,29). The smallest absolute Gasteiger partial charge is 0.256 e. The molecule has 5 aromatic rings. The first-order valence-electron chi connectivity index (χ1n) is 9.10. The average molecular weight is 380 g/mol. The number of carbonyl (C=O) groups is 1. The Morgan fingerprint density at radius 2 is 1.86 bits per heavy atom. The summed E-state index contributed by atoms with van der Waals surface area (Å²) in [6, 6.07) is 13.2. The summed E-state index contributed by atoms with van der Waals surface area (Å²) in [6.07, 6.45) is 6.67. The molecule has 1 aromatic carbocycles. The molecule has 0 radical (unpaired) electrons. The number of aromatic nitrogens is 5. The minimum atomic E-state index is -0.226. The normalized spacial score (nSPS) is 11.1. The number of fused-ring (bicyclic) bond motifs is 2. The molecule has 0 saturated heterocycles. The number of pyridine rings is 2. The molecule has 0 unspecified atom stereocenters. The number of nitrogens with zero attached hydrogens (tertiary/aromatic N) is 4. The van der Waals surface area contributed by atoms with Crippen molar-refractivity contribution in [1.29, 1.82) is 0 Å². The van der Waals surface area contributed by atoms with E-state index < -0.39 is 0 Å². The molecule has 0 spiro atoms. The maximum Gasteiger partial charge on any atom is 0.256 e. The number of hydrogen-bond donors (Lipinski definition) is 2. The van der Waals surface area contributed by atoms with Crippen LogP contribution in [-0.2, 0) is 0 Å². The van der Waals surface area contributed by atoms with Crippen molar-refractivity contribution in [3.05, 3.63) is 78.6 Å². The zero-order chi connectivity index (χ0) is 19.8. The fourth-order valence-electron chi connectivity index (χ4n) is 3.36. The van der Waals surface area contributed by atoms with Crippen LogP contribution in [0.1, 0.15) is 16.1 Å². The summed E-state index contributed by atoms with van der Waals surface area (Å²) >= 11 is 0. The summed E-state index contributed by atoms with van der Waals surface area (Å²) in [6.45, 7) is 1.97. The predicted molar refractivity (Wildman–Crippen MR) is 112 cm³/mol. The number of rotatable bonds is 3. The van der Waals surface area contributed by atoms with Gasteiger partial charge < -0.3 is 10.3 Å². The molecule has 0 saturated carbocycles. The van der Waals surface area contributed by atoms with Gasteiger partial charge in [0.2, 0.25) is 0 Å². The molecule has 0 atom stereocenters. The van der Waals surface area contributed by atoms with Crippen LogP contribution in [0.25, 0.3) is 33.1 Å². The Morgan fingerprint density at radius 3 is 2.72 bits per heavy atom. The molecule has 140 valence electrons. The lowest BCUT2D eigenvalue weighted by Gasteiger charge is -2.06. The molecule has 4 heterocycles. The Balaban J connectivity index is 1.50. The average Bonchev–Trinajstić information content (AvgIpc) is 3.18. The van der Waals surface area contributed by atoms with E-state index in [2.05, 4.69) is 36.3 Å². The van der Waals surface area contributed by atoms with Crippen molar-refractivity contribution in [2.24, 2.45) is 0 Å². The van der Waals surface area contributed by atoms with E-state index in [1.807, 2.05) is 31.3 Å². The molecule has 0 bridgehead atoms. The lowest BCUT2D eigenvalue weighted by Crippen LogP contribution is -2.12. The summed E-state index contributed by atoms with van der Waals surface area (Å²) in [5, 5.41) is 4.81. The van der Waals surface area contributed by atoms with E-state index in [1.54, 1.807) is 36.9 Å². The van der Waals surface area contributed by atoms with E-state index in [1.165, 1.54) is 0 Å². The molecule has 0 fully saturated rings. The Kier molecular flexibility index (Phi) is 3.98. The Morgan fingerprint density at radius 1 is 1.00 bits per heavy atom. The molecule has 0 aliphatic heterocycles. The van der Waals surface area contributed by atoms with Gasteiger partial charge in [-0.1, -0.05) is 6.07 Å². The highest BCUT2D eigenvalue weighted by atomic mass is 16.1. The molecule has 7 nitrogen and oxygen atoms in total. The summed E-state index contributed by atoms with van der Waals surface area (Å²) in [5.74, 6) is 0.256. The Hall–Kier alpha value is -4.13. The van der Waals surface area contributed by atoms with Crippen molar-refractivity contribution in [3.63, 3.8) is 0 Å². The first-order valence-corrected chi connectivity index (χ1v) is 9.10. The minimum Gasteiger partial charge on any atom is -0.345 e. The summed E-state index contributed by atoms with van der Waals surface area (Å²) in [7, 11) is 0. The van der Waals surface area contributed by atoms with Gasteiger partial charge >= 0.3 is 0 Å². The third-order valence-electron chi connectivity index (χ3n) is 4.87. The van der Waals surface area contributed by atoms with E-state index in [4.69, 9.17) is 0 Å². The maximum absolute atomic E-state index is 12.3. The van der Waals surface area contributed by atoms with E-state index in [9.17, 15) is 4.79 Å². The second kappa shape index (κ2) is 6.79. The molecule has 7 heteroatoms. The van der Waals surface area contributed by atoms with Gasteiger partial charge in [-0.15, -0.1) is 0 Å². The largest absolute Gasteiger partial charge is 0.345 e. The molecule has 1 amide bonds. The third kappa shape index (κ3) is 3.08. The number of carbonyl (C=O) groups excluding carboxylic acids is 1. The van der Waals surface area contributed by atoms with Crippen molar-refractivity contribution in [2.75, 3.05) is 5.32 Å². The van der Waals surface area contributed by atoms with Gasteiger partial charge in [-0.2, -0.15) is 0 Å². The van der Waals surface area contributed by atoms with Crippen LogP contribution < -0.4 is 5.32 Å². The van der Waals surface area contributed by atoms with Crippen molar-refractivity contribution in [3.8, 4) is 11.1 Å². The van der Waals surface area contributed by atoms with Crippen molar-refractivity contribution < 1.29 is 4.79 Å². The first-order chi connectivity index (χ1) is 14.2. The Bertz CT molecular complexity index is 1360. The number of amides is 1. The molecule has 0 aliphatic rings. The number of anilines is 1. The van der Waals surface area contributed by atoms with Gasteiger partial charge in [-0.3, -0.25) is 9.78 Å². The highest BCUT2D eigenvalue weighted by molar-refractivity contribution is 6.04. The zero-order valence-electron chi connectivity index (χ0n) is 15.5. The number of aryl methyl sites for hydroxylation is 1. The maximum atomic E-state index is 12.3. The molecule has 5 rings (SSSR count). The van der Waals surface area contributed by atoms with Crippen molar-refractivity contribution >= 4 is 33.7 Å². The van der Waals surface area contributed by atoms with Gasteiger partial charge in [0.1, 0.15) is 17.8 Å². The van der Waals surface area contributed by atoms with Gasteiger partial charge in [-0.05, 0) is 48.9 Å². The molecule has 2 N–H and O–H groups in total. The number of hydrogen-bond acceptors (Lipinski definition) is 5. The van der Waals surface area contributed by atoms with Crippen molar-refractivity contribution in [1.82, 2.24) is 24.9 Å². The summed E-state index contributed by atoms with van der Waals surface area (Å²) < 4.78 is 0. The highest BCUT2D eigenvalue weighted by Crippen LogP contribution is 2.31. The van der Waals surface area contributed by atoms with E-state index in [0.29, 0.717) is 17.0 Å². The van der Waals surface area contributed by atoms with E-state index in [-0.39, 0.29) is 5.91 Å². The summed E-state index contributed by atoms with van der Waals surface area (Å²) in [4.78, 5) is 32.6. The van der Waals surface area contributed by atoms with Crippen LogP contribution in [-0.4, -0.2) is 30.8 Å². The van der Waals surface area contributed by atoms with Gasteiger partial charge in [0, 0.05) is 46.2 Å². The van der Waals surface area contributed by atoms with E-state index in [0.717, 1.165) is 33.1 Å². The Labute approximate surface area is 165 Å². The minimum absolute atomic E-state index is 0.226. The number of nitrogens with one attached hydrogen (secondary N) is 2. The predicted octanol–water partition coefficient (Wildman–Crippen LogP) is 4.13. The molecule has 0 aliphatic carbocycles. The molecule has 4 aromatic heterocycles. The number of benzene rings is 1. The first kappa shape index (κ1) is 17.0. The van der Waals surface area contributed by atoms with Crippen LogP contribution in [0.5, 0.6) is 0 Å². The number of H-pyrrole nitrogens is 1. The fourth-order valence-corrected chi connectivity index (χ4v) is 3.36. The topological polar surface area (TPSA) is 96.5 Å². The second-order valence-corrected chi connectivity index (χ2v) is 6.68. The lowest BCUT2D eigenvalue weighted by molar-refractivity contribution is 0.102. The quantitative estimate of drug-likeness (QED) is 0.491. The number of aromatic amines is 1. The monoisotopic (exact) mass is 380 g/mol. The van der Waals surface area contributed by atoms with Gasteiger partial charge in [0.25, 0.3) is 5.91 Å². The van der Waals surface area contributed by atoms with E-state index >= 15 is 0 Å². The second-order valence-electron chi connectivity index (χ2n) is 6.68. The third-order valence-corrected chi connectivity index (χ3v) is 4.87. The van der Waals surface area contributed by atoms with Crippen LogP contribution >= 0.6 is 0 Å². The molecular weight excluding hydrogens is 364 g/mol. The van der Waals surface area contributed by atoms with Crippen LogP contribution in [0.4, 0.5) is 5.82 Å². The summed E-state index contributed by atoms with van der Waals surface area (Å²) in [5.41, 5.74) is 5.18. The van der Waals surface area contributed by atoms with Crippen LogP contribution in [0, 0.1) is 6.92 Å². The molecular formula is C22H16N6O. The van der Waals surface area contributed by atoms with Crippen molar-refractivity contribution in [2.45, 2.75) is 6.92 Å². The van der Waals surface area contributed by atoms with Crippen LogP contribution in [0.3, 0.4) is 0 Å². The fraction of sp³-hybridized carbons (Fsp3) is 0.0455. The van der Waals surface area contributed by atoms with Crippen LogP contribution in [0.2, 0.25) is 0 Å². The lowest BCUT2D eigenvalue weighted by atomic mass is 10.0. The molecule has 29 heavy (non-hydrogen) atoms. The zero-order valence-corrected chi connectivity index (χ0v) is 15.5. The SMILES string of the molecule is Cc1ncnc2ccc(-c3c[nH]c4nc(NC(=O)c5ccncc5)ccc34)cc12. The van der Waals surface area contributed by atoms with Gasteiger partial charge in [0.15, 0.2) is 0 Å². The highest BCUT2D eigenvalue weighted by Gasteiger charge is 2.12. The van der Waals surface area contributed by atoms with Gasteiger partial charge in [-0.25, -0.2) is 15.0 Å². The van der Waals surface area contributed by atoms with Gasteiger partial charge in [0.05, 0.1) is 5.52 Å².